The van der Waals surface area contributed by atoms with Crippen LogP contribution in [0.3, 0.4) is 0 Å². The van der Waals surface area contributed by atoms with Crippen LogP contribution < -0.4 is 5.73 Å². The Labute approximate surface area is 81.1 Å². The molecule has 0 amide bonds. The maximum atomic E-state index is 12.7. The predicted molar refractivity (Wildman–Crippen MR) is 48.4 cm³/mol. The van der Waals surface area contributed by atoms with E-state index < -0.39 is 11.9 Å². The van der Waals surface area contributed by atoms with E-state index in [2.05, 4.69) is 4.98 Å². The van der Waals surface area contributed by atoms with Gasteiger partial charge in [-0.3, -0.25) is 0 Å². The van der Waals surface area contributed by atoms with Gasteiger partial charge in [0.05, 0.1) is 0 Å². The highest BCUT2D eigenvalue weighted by molar-refractivity contribution is 5.16. The van der Waals surface area contributed by atoms with Gasteiger partial charge in [0.25, 0.3) is 0 Å². The molecular formula is C10H12F2N2. The van der Waals surface area contributed by atoms with Crippen LogP contribution in [0.5, 0.6) is 0 Å². The van der Waals surface area contributed by atoms with Crippen LogP contribution in [0.2, 0.25) is 0 Å². The van der Waals surface area contributed by atoms with Gasteiger partial charge in [0.15, 0.2) is 0 Å². The Bertz CT molecular complexity index is 317. The third-order valence-electron chi connectivity index (χ3n) is 2.50. The van der Waals surface area contributed by atoms with Crippen LogP contribution in [-0.4, -0.2) is 4.98 Å². The normalized spacial score (nSPS) is 18.2. The summed E-state index contributed by atoms with van der Waals surface area (Å²) in [4.78, 5) is 3.02. The van der Waals surface area contributed by atoms with E-state index in [1.54, 1.807) is 0 Å². The molecule has 0 unspecified atom stereocenters. The highest BCUT2D eigenvalue weighted by Gasteiger charge is 2.24. The van der Waals surface area contributed by atoms with Crippen molar-refractivity contribution in [3.63, 3.8) is 0 Å². The largest absolute Gasteiger partial charge is 0.324 e. The molecule has 0 spiro atoms. The first-order valence-electron chi connectivity index (χ1n) is 4.73. The molecule has 1 aromatic heterocycles. The van der Waals surface area contributed by atoms with Crippen LogP contribution in [0, 0.1) is 17.8 Å². The first-order chi connectivity index (χ1) is 6.65. The SMILES string of the molecule is N[C@H](CC1CC1)c1cc(F)nc(F)c1. The molecule has 1 saturated carbocycles. The van der Waals surface area contributed by atoms with Crippen molar-refractivity contribution in [2.75, 3.05) is 0 Å². The van der Waals surface area contributed by atoms with Crippen LogP contribution in [0.25, 0.3) is 0 Å². The smallest absolute Gasteiger partial charge is 0.215 e. The molecule has 1 aliphatic carbocycles. The van der Waals surface area contributed by atoms with Crippen molar-refractivity contribution in [3.05, 3.63) is 29.6 Å². The number of rotatable bonds is 3. The van der Waals surface area contributed by atoms with Gasteiger partial charge in [-0.25, -0.2) is 0 Å². The molecule has 1 fully saturated rings. The van der Waals surface area contributed by atoms with Crippen LogP contribution in [0.15, 0.2) is 12.1 Å². The second-order valence-electron chi connectivity index (χ2n) is 3.83. The van der Waals surface area contributed by atoms with Gasteiger partial charge in [-0.2, -0.15) is 13.8 Å². The number of hydrogen-bond acceptors (Lipinski definition) is 2. The molecule has 4 heteroatoms. The fourth-order valence-corrected chi connectivity index (χ4v) is 1.55. The number of pyridine rings is 1. The van der Waals surface area contributed by atoms with E-state index in [1.807, 2.05) is 0 Å². The maximum Gasteiger partial charge on any atom is 0.215 e. The fourth-order valence-electron chi connectivity index (χ4n) is 1.55. The van der Waals surface area contributed by atoms with E-state index in [1.165, 1.54) is 25.0 Å². The molecular weight excluding hydrogens is 186 g/mol. The van der Waals surface area contributed by atoms with Crippen LogP contribution >= 0.6 is 0 Å². The number of hydrogen-bond donors (Lipinski definition) is 1. The topological polar surface area (TPSA) is 38.9 Å². The molecule has 76 valence electrons. The average Bonchev–Trinajstić information content (AvgIpc) is 2.86. The van der Waals surface area contributed by atoms with Gasteiger partial charge >= 0.3 is 0 Å². The Morgan fingerprint density at radius 1 is 1.36 bits per heavy atom. The minimum atomic E-state index is -0.800. The zero-order chi connectivity index (χ0) is 10.1. The molecule has 1 aliphatic rings. The van der Waals surface area contributed by atoms with E-state index in [9.17, 15) is 8.78 Å². The van der Waals surface area contributed by atoms with Crippen LogP contribution in [0.4, 0.5) is 8.78 Å². The van der Waals surface area contributed by atoms with Crippen molar-refractivity contribution in [3.8, 4) is 0 Å². The standard InChI is InChI=1S/C10H12F2N2/c11-9-4-7(5-10(12)14-9)8(13)3-6-1-2-6/h4-6,8H,1-3,13H2/t8-/m1/s1. The highest BCUT2D eigenvalue weighted by atomic mass is 19.1. The molecule has 0 aromatic carbocycles. The van der Waals surface area contributed by atoms with E-state index >= 15 is 0 Å². The molecule has 1 aromatic rings. The lowest BCUT2D eigenvalue weighted by atomic mass is 10.0. The van der Waals surface area contributed by atoms with Gasteiger partial charge in [-0.15, -0.1) is 0 Å². The van der Waals surface area contributed by atoms with Gasteiger partial charge < -0.3 is 5.73 Å². The molecule has 2 N–H and O–H groups in total. The molecule has 1 heterocycles. The number of nitrogens with zero attached hydrogens (tertiary/aromatic N) is 1. The summed E-state index contributed by atoms with van der Waals surface area (Å²) in [5.74, 6) is -0.957. The highest BCUT2D eigenvalue weighted by Crippen LogP contribution is 2.36. The molecule has 1 atom stereocenters. The number of nitrogens with two attached hydrogens (primary N) is 1. The Morgan fingerprint density at radius 3 is 2.43 bits per heavy atom. The van der Waals surface area contributed by atoms with Crippen LogP contribution in [-0.2, 0) is 0 Å². The summed E-state index contributed by atoms with van der Waals surface area (Å²) in [7, 11) is 0. The first kappa shape index (κ1) is 9.52. The van der Waals surface area contributed by atoms with Gasteiger partial charge in [0.2, 0.25) is 11.9 Å². The second kappa shape index (κ2) is 3.61. The second-order valence-corrected chi connectivity index (χ2v) is 3.83. The lowest BCUT2D eigenvalue weighted by Gasteiger charge is -2.10. The molecule has 0 bridgehead atoms. The zero-order valence-electron chi connectivity index (χ0n) is 7.71. The third-order valence-corrected chi connectivity index (χ3v) is 2.50. The molecule has 0 saturated heterocycles. The summed E-state index contributed by atoms with van der Waals surface area (Å²) in [6.45, 7) is 0. The first-order valence-corrected chi connectivity index (χ1v) is 4.73. The summed E-state index contributed by atoms with van der Waals surface area (Å²) in [6.07, 6.45) is 3.18. The van der Waals surface area contributed by atoms with E-state index in [0.717, 1.165) is 6.42 Å². The van der Waals surface area contributed by atoms with Gasteiger partial charge in [-0.1, -0.05) is 12.8 Å². The van der Waals surface area contributed by atoms with Crippen molar-refractivity contribution in [2.45, 2.75) is 25.3 Å². The van der Waals surface area contributed by atoms with Crippen molar-refractivity contribution >= 4 is 0 Å². The monoisotopic (exact) mass is 198 g/mol. The minimum absolute atomic E-state index is 0.269. The van der Waals surface area contributed by atoms with E-state index in [-0.39, 0.29) is 6.04 Å². The minimum Gasteiger partial charge on any atom is -0.324 e. The fraction of sp³-hybridized carbons (Fsp3) is 0.500. The quantitative estimate of drug-likeness (QED) is 0.756. The predicted octanol–water partition coefficient (Wildman–Crippen LogP) is 2.16. The van der Waals surface area contributed by atoms with Gasteiger partial charge in [0.1, 0.15) is 0 Å². The number of aromatic nitrogens is 1. The third kappa shape index (κ3) is 2.26. The van der Waals surface area contributed by atoms with E-state index in [4.69, 9.17) is 5.73 Å². The lowest BCUT2D eigenvalue weighted by molar-refractivity contribution is 0.500. The molecule has 0 aliphatic heterocycles. The Hall–Kier alpha value is -1.03. The Balaban J connectivity index is 2.12. The molecule has 0 radical (unpaired) electrons. The van der Waals surface area contributed by atoms with Gasteiger partial charge in [0, 0.05) is 6.04 Å². The summed E-state index contributed by atoms with van der Waals surface area (Å²) < 4.78 is 25.5. The summed E-state index contributed by atoms with van der Waals surface area (Å²) >= 11 is 0. The summed E-state index contributed by atoms with van der Waals surface area (Å²) in [5, 5.41) is 0. The Kier molecular flexibility index (Phi) is 2.46. The van der Waals surface area contributed by atoms with Crippen molar-refractivity contribution in [1.29, 1.82) is 0 Å². The van der Waals surface area contributed by atoms with Crippen LogP contribution in [0.1, 0.15) is 30.9 Å². The molecule has 2 nitrogen and oxygen atoms in total. The Morgan fingerprint density at radius 2 is 1.93 bits per heavy atom. The number of halogens is 2. The van der Waals surface area contributed by atoms with E-state index in [0.29, 0.717) is 11.5 Å². The molecule has 2 rings (SSSR count). The summed E-state index contributed by atoms with van der Waals surface area (Å²) in [6, 6.07) is 2.14. The maximum absolute atomic E-state index is 12.7. The van der Waals surface area contributed by atoms with Crippen molar-refractivity contribution in [1.82, 2.24) is 4.98 Å². The van der Waals surface area contributed by atoms with Crippen molar-refractivity contribution < 1.29 is 8.78 Å². The van der Waals surface area contributed by atoms with Gasteiger partial charge in [-0.05, 0) is 30.0 Å². The summed E-state index contributed by atoms with van der Waals surface area (Å²) in [5.41, 5.74) is 6.31. The molecule has 14 heavy (non-hydrogen) atoms. The average molecular weight is 198 g/mol. The zero-order valence-corrected chi connectivity index (χ0v) is 7.71. The van der Waals surface area contributed by atoms with Crippen molar-refractivity contribution in [2.24, 2.45) is 11.7 Å². The lowest BCUT2D eigenvalue weighted by Crippen LogP contribution is -2.12.